The largest absolute Gasteiger partial charge is 0.508 e. The van der Waals surface area contributed by atoms with Gasteiger partial charge in [0.25, 0.3) is 0 Å². The van der Waals surface area contributed by atoms with E-state index in [1.807, 2.05) is 0 Å². The molecule has 0 amide bonds. The molecule has 0 saturated heterocycles. The van der Waals surface area contributed by atoms with Crippen LogP contribution in [0.1, 0.15) is 18.1 Å². The number of carbonyl (C=O) groups is 2. The summed E-state index contributed by atoms with van der Waals surface area (Å²) in [7, 11) is 0. The van der Waals surface area contributed by atoms with Gasteiger partial charge in [-0.25, -0.2) is 9.59 Å². The summed E-state index contributed by atoms with van der Waals surface area (Å²) in [4.78, 5) is 25.0. The van der Waals surface area contributed by atoms with Gasteiger partial charge in [-0.1, -0.05) is 24.3 Å². The van der Waals surface area contributed by atoms with Gasteiger partial charge in [0.05, 0.1) is 12.2 Å². The molecule has 0 spiro atoms. The van der Waals surface area contributed by atoms with E-state index in [9.17, 15) is 24.9 Å². The molecule has 2 aromatic rings. The fourth-order valence-corrected chi connectivity index (χ4v) is 3.04. The molecular weight excluding hydrogens is 352 g/mol. The molecule has 3 rings (SSSR count). The maximum atomic E-state index is 12.8. The molecule has 1 aliphatic rings. The number of aliphatic hydroxyl groups is 1. The predicted molar refractivity (Wildman–Crippen MR) is 94.9 cm³/mol. The first kappa shape index (κ1) is 18.3. The third-order valence-corrected chi connectivity index (χ3v) is 4.25. The van der Waals surface area contributed by atoms with Crippen LogP contribution < -0.4 is 0 Å². The molecule has 1 unspecified atom stereocenters. The average Bonchev–Trinajstić information content (AvgIpc) is 2.89. The first-order valence-electron chi connectivity index (χ1n) is 8.29. The highest BCUT2D eigenvalue weighted by molar-refractivity contribution is 6.11. The maximum absolute atomic E-state index is 12.8. The Bertz CT molecular complexity index is 897. The van der Waals surface area contributed by atoms with E-state index < -0.39 is 23.3 Å². The second kappa shape index (κ2) is 7.03. The molecule has 0 saturated carbocycles. The molecule has 3 N–H and O–H groups in total. The van der Waals surface area contributed by atoms with E-state index in [1.165, 1.54) is 36.4 Å². The van der Waals surface area contributed by atoms with E-state index in [-0.39, 0.29) is 30.1 Å². The number of ether oxygens (including phenoxy) is 2. The van der Waals surface area contributed by atoms with Crippen LogP contribution in [0, 0.1) is 0 Å². The van der Waals surface area contributed by atoms with Gasteiger partial charge in [0, 0.05) is 6.42 Å². The summed E-state index contributed by atoms with van der Waals surface area (Å²) in [5.41, 5.74) is -0.993. The topological polar surface area (TPSA) is 113 Å². The summed E-state index contributed by atoms with van der Waals surface area (Å²) in [5.74, 6) is -2.51. The van der Waals surface area contributed by atoms with Crippen LogP contribution >= 0.6 is 0 Å². The fourth-order valence-electron chi connectivity index (χ4n) is 3.04. The highest BCUT2D eigenvalue weighted by Crippen LogP contribution is 2.43. The number of hydrogen-bond acceptors (Lipinski definition) is 7. The van der Waals surface area contributed by atoms with E-state index in [0.29, 0.717) is 11.1 Å². The Labute approximate surface area is 155 Å². The molecule has 0 fully saturated rings. The van der Waals surface area contributed by atoms with Gasteiger partial charge in [-0.05, 0) is 42.3 Å². The van der Waals surface area contributed by atoms with Gasteiger partial charge in [0.15, 0.2) is 0 Å². The lowest BCUT2D eigenvalue weighted by atomic mass is 9.83. The molecule has 0 aromatic heterocycles. The van der Waals surface area contributed by atoms with Crippen LogP contribution in [0.4, 0.5) is 0 Å². The van der Waals surface area contributed by atoms with E-state index in [0.717, 1.165) is 0 Å². The number of aromatic hydroxyl groups is 2. The summed E-state index contributed by atoms with van der Waals surface area (Å²) < 4.78 is 10.5. The molecule has 1 atom stereocenters. The van der Waals surface area contributed by atoms with Crippen molar-refractivity contribution in [1.29, 1.82) is 0 Å². The normalized spacial score (nSPS) is 19.1. The smallest absolute Gasteiger partial charge is 0.375 e. The summed E-state index contributed by atoms with van der Waals surface area (Å²) in [6.07, 6.45) is -0.0991. The van der Waals surface area contributed by atoms with Crippen molar-refractivity contribution in [1.82, 2.24) is 0 Å². The molecule has 140 valence electrons. The zero-order valence-corrected chi connectivity index (χ0v) is 14.5. The standard InChI is InChI=1S/C20H18O7/c1-2-26-19(25)20(11-12-3-7-14(21)8-4-12)16(17(23)18(24)27-20)13-5-9-15(22)10-6-13/h3-10,21-23H,2,11H2,1H3. The third kappa shape index (κ3) is 3.31. The maximum Gasteiger partial charge on any atom is 0.375 e. The van der Waals surface area contributed by atoms with Gasteiger partial charge in [0.2, 0.25) is 11.4 Å². The van der Waals surface area contributed by atoms with Crippen molar-refractivity contribution in [3.63, 3.8) is 0 Å². The molecule has 0 aliphatic carbocycles. The van der Waals surface area contributed by atoms with Crippen LogP contribution in [-0.4, -0.2) is 39.5 Å². The number of benzene rings is 2. The van der Waals surface area contributed by atoms with Crippen molar-refractivity contribution < 1.29 is 34.4 Å². The molecule has 1 aliphatic heterocycles. The summed E-state index contributed by atoms with van der Waals surface area (Å²) in [6.45, 7) is 1.67. The van der Waals surface area contributed by atoms with Gasteiger partial charge in [-0.3, -0.25) is 0 Å². The summed E-state index contributed by atoms with van der Waals surface area (Å²) in [5, 5.41) is 29.3. The SMILES string of the molecule is CCOC(=O)C1(Cc2ccc(O)cc2)OC(=O)C(O)=C1c1ccc(O)cc1. The first-order valence-corrected chi connectivity index (χ1v) is 8.29. The Hall–Kier alpha value is -3.48. The fraction of sp³-hybridized carbons (Fsp3) is 0.200. The Balaban J connectivity index is 2.15. The highest BCUT2D eigenvalue weighted by atomic mass is 16.6. The van der Waals surface area contributed by atoms with Crippen LogP contribution in [0.25, 0.3) is 5.57 Å². The van der Waals surface area contributed by atoms with Gasteiger partial charge in [0.1, 0.15) is 11.5 Å². The molecule has 1 heterocycles. The molecule has 7 nitrogen and oxygen atoms in total. The van der Waals surface area contributed by atoms with Gasteiger partial charge >= 0.3 is 11.9 Å². The number of esters is 2. The first-order chi connectivity index (χ1) is 12.9. The summed E-state index contributed by atoms with van der Waals surface area (Å²) in [6, 6.07) is 11.7. The zero-order valence-electron chi connectivity index (χ0n) is 14.5. The van der Waals surface area contributed by atoms with E-state index in [4.69, 9.17) is 9.47 Å². The Morgan fingerprint density at radius 1 is 1.00 bits per heavy atom. The Morgan fingerprint density at radius 3 is 2.11 bits per heavy atom. The van der Waals surface area contributed by atoms with Crippen molar-refractivity contribution in [2.75, 3.05) is 6.61 Å². The van der Waals surface area contributed by atoms with Crippen LogP contribution in [0.15, 0.2) is 54.3 Å². The number of phenolic OH excluding ortho intramolecular Hbond substituents is 2. The minimum absolute atomic E-state index is 0.00986. The van der Waals surface area contributed by atoms with E-state index in [1.54, 1.807) is 19.1 Å². The minimum atomic E-state index is -1.88. The van der Waals surface area contributed by atoms with Crippen molar-refractivity contribution in [2.24, 2.45) is 0 Å². The number of phenols is 2. The second-order valence-corrected chi connectivity index (χ2v) is 6.05. The van der Waals surface area contributed by atoms with Gasteiger partial charge in [-0.2, -0.15) is 0 Å². The van der Waals surface area contributed by atoms with Crippen LogP contribution in [-0.2, 0) is 25.5 Å². The monoisotopic (exact) mass is 370 g/mol. The predicted octanol–water partition coefficient (Wildman–Crippen LogP) is 2.47. The average molecular weight is 370 g/mol. The summed E-state index contributed by atoms with van der Waals surface area (Å²) >= 11 is 0. The lowest BCUT2D eigenvalue weighted by Crippen LogP contribution is -2.44. The van der Waals surface area contributed by atoms with Crippen LogP contribution in [0.3, 0.4) is 0 Å². The van der Waals surface area contributed by atoms with Gasteiger partial charge < -0.3 is 24.8 Å². The third-order valence-electron chi connectivity index (χ3n) is 4.25. The molecule has 7 heteroatoms. The van der Waals surface area contributed by atoms with Crippen LogP contribution in [0.2, 0.25) is 0 Å². The number of cyclic esters (lactones) is 1. The number of rotatable bonds is 5. The molecular formula is C20H18O7. The van der Waals surface area contributed by atoms with Crippen molar-refractivity contribution in [3.8, 4) is 11.5 Å². The quantitative estimate of drug-likeness (QED) is 0.693. The number of hydrogen-bond donors (Lipinski definition) is 3. The van der Waals surface area contributed by atoms with Crippen molar-refractivity contribution in [3.05, 3.63) is 65.4 Å². The van der Waals surface area contributed by atoms with Crippen molar-refractivity contribution >= 4 is 17.5 Å². The molecule has 27 heavy (non-hydrogen) atoms. The lowest BCUT2D eigenvalue weighted by Gasteiger charge is -2.28. The Morgan fingerprint density at radius 2 is 1.56 bits per heavy atom. The van der Waals surface area contributed by atoms with Crippen molar-refractivity contribution in [2.45, 2.75) is 18.9 Å². The lowest BCUT2D eigenvalue weighted by molar-refractivity contribution is -0.171. The Kier molecular flexibility index (Phi) is 4.77. The zero-order chi connectivity index (χ0) is 19.6. The highest BCUT2D eigenvalue weighted by Gasteiger charge is 2.55. The molecule has 0 radical (unpaired) electrons. The van der Waals surface area contributed by atoms with E-state index >= 15 is 0 Å². The molecule has 0 bridgehead atoms. The number of carbonyl (C=O) groups excluding carboxylic acids is 2. The van der Waals surface area contributed by atoms with Gasteiger partial charge in [-0.15, -0.1) is 0 Å². The minimum Gasteiger partial charge on any atom is -0.508 e. The number of aliphatic hydroxyl groups excluding tert-OH is 1. The van der Waals surface area contributed by atoms with E-state index in [2.05, 4.69) is 0 Å². The second-order valence-electron chi connectivity index (χ2n) is 6.05. The van der Waals surface area contributed by atoms with Crippen LogP contribution in [0.5, 0.6) is 11.5 Å². The molecule has 2 aromatic carbocycles.